The van der Waals surface area contributed by atoms with Crippen LogP contribution < -0.4 is 11.0 Å². The number of rotatable bonds is 7. The van der Waals surface area contributed by atoms with Crippen molar-refractivity contribution in [1.82, 2.24) is 20.1 Å². The first-order valence-corrected chi connectivity index (χ1v) is 7.44. The highest BCUT2D eigenvalue weighted by Gasteiger charge is 2.28. The third-order valence-electron chi connectivity index (χ3n) is 3.21. The van der Waals surface area contributed by atoms with E-state index in [9.17, 15) is 9.90 Å². The SMILES string of the molecule is O=c1[nH]nc(SCC(O)CNC2CC2)n1C1CC1. The van der Waals surface area contributed by atoms with E-state index in [1.165, 1.54) is 24.6 Å². The molecule has 2 aliphatic carbocycles. The summed E-state index contributed by atoms with van der Waals surface area (Å²) in [6.45, 7) is 0.621. The summed E-state index contributed by atoms with van der Waals surface area (Å²) in [6.07, 6.45) is 4.16. The fourth-order valence-electron chi connectivity index (χ4n) is 1.87. The van der Waals surface area contributed by atoms with Gasteiger partial charge in [-0.25, -0.2) is 9.89 Å². The maximum atomic E-state index is 11.5. The standard InChI is InChI=1S/C11H18N4O2S/c16-9(5-12-7-1-2-7)6-18-11-14-13-10(17)15(11)8-3-4-8/h7-9,12,16H,1-6H2,(H,13,17). The van der Waals surface area contributed by atoms with Gasteiger partial charge in [-0.2, -0.15) is 0 Å². The van der Waals surface area contributed by atoms with Gasteiger partial charge in [-0.05, 0) is 25.7 Å². The van der Waals surface area contributed by atoms with E-state index in [0.717, 1.165) is 12.8 Å². The summed E-state index contributed by atoms with van der Waals surface area (Å²) in [5.41, 5.74) is -0.134. The Hall–Kier alpha value is -0.790. The number of hydrogen-bond acceptors (Lipinski definition) is 5. The summed E-state index contributed by atoms with van der Waals surface area (Å²) in [7, 11) is 0. The average molecular weight is 270 g/mol. The van der Waals surface area contributed by atoms with Crippen LogP contribution in [0.5, 0.6) is 0 Å². The van der Waals surface area contributed by atoms with Gasteiger partial charge in [-0.3, -0.25) is 4.57 Å². The second-order valence-corrected chi connectivity index (χ2v) is 6.05. The molecule has 2 aliphatic rings. The van der Waals surface area contributed by atoms with Crippen molar-refractivity contribution in [2.75, 3.05) is 12.3 Å². The van der Waals surface area contributed by atoms with E-state index in [-0.39, 0.29) is 5.69 Å². The van der Waals surface area contributed by atoms with E-state index in [2.05, 4.69) is 15.5 Å². The topological polar surface area (TPSA) is 82.9 Å². The quantitative estimate of drug-likeness (QED) is 0.613. The summed E-state index contributed by atoms with van der Waals surface area (Å²) < 4.78 is 1.71. The molecule has 0 aromatic carbocycles. The minimum Gasteiger partial charge on any atom is -0.391 e. The Morgan fingerprint density at radius 3 is 2.94 bits per heavy atom. The first kappa shape index (κ1) is 12.3. The first-order valence-electron chi connectivity index (χ1n) is 6.45. The second kappa shape index (κ2) is 5.07. The lowest BCUT2D eigenvalue weighted by Gasteiger charge is -2.10. The Balaban J connectivity index is 1.50. The van der Waals surface area contributed by atoms with Gasteiger partial charge in [0.15, 0.2) is 5.16 Å². The number of nitrogens with one attached hydrogen (secondary N) is 2. The van der Waals surface area contributed by atoms with Crippen molar-refractivity contribution >= 4 is 11.8 Å². The van der Waals surface area contributed by atoms with Crippen molar-refractivity contribution in [1.29, 1.82) is 0 Å². The van der Waals surface area contributed by atoms with E-state index in [1.54, 1.807) is 4.57 Å². The summed E-state index contributed by atoms with van der Waals surface area (Å²) in [6, 6.07) is 0.931. The van der Waals surface area contributed by atoms with Crippen LogP contribution in [0.25, 0.3) is 0 Å². The Kier molecular flexibility index (Phi) is 3.45. The lowest BCUT2D eigenvalue weighted by atomic mass is 10.4. The first-order chi connectivity index (χ1) is 8.74. The number of nitrogens with zero attached hydrogens (tertiary/aromatic N) is 2. The Morgan fingerprint density at radius 1 is 1.50 bits per heavy atom. The minimum atomic E-state index is -0.393. The van der Waals surface area contributed by atoms with Gasteiger partial charge in [0.25, 0.3) is 0 Å². The molecule has 1 atom stereocenters. The lowest BCUT2D eigenvalue weighted by Crippen LogP contribution is -2.30. The zero-order chi connectivity index (χ0) is 12.5. The Morgan fingerprint density at radius 2 is 2.28 bits per heavy atom. The molecule has 1 heterocycles. The van der Waals surface area contributed by atoms with Gasteiger partial charge in [0.1, 0.15) is 0 Å². The van der Waals surface area contributed by atoms with E-state index in [1.807, 2.05) is 0 Å². The monoisotopic (exact) mass is 270 g/mol. The fourth-order valence-corrected chi connectivity index (χ4v) is 2.81. The molecule has 1 aromatic heterocycles. The van der Waals surface area contributed by atoms with Crippen molar-refractivity contribution in [2.24, 2.45) is 0 Å². The Bertz CT molecular complexity index is 464. The molecule has 0 saturated heterocycles. The summed E-state index contributed by atoms with van der Waals surface area (Å²) in [4.78, 5) is 11.5. The van der Waals surface area contributed by atoms with Crippen molar-refractivity contribution in [2.45, 2.75) is 49.0 Å². The van der Waals surface area contributed by atoms with Crippen molar-refractivity contribution < 1.29 is 5.11 Å². The molecule has 100 valence electrons. The molecule has 7 heteroatoms. The summed E-state index contributed by atoms with van der Waals surface area (Å²) >= 11 is 1.45. The molecular weight excluding hydrogens is 252 g/mol. The predicted molar refractivity (Wildman–Crippen MR) is 68.9 cm³/mol. The number of hydrogen-bond donors (Lipinski definition) is 3. The van der Waals surface area contributed by atoms with Crippen LogP contribution >= 0.6 is 11.8 Å². The number of aromatic nitrogens is 3. The molecule has 6 nitrogen and oxygen atoms in total. The molecule has 0 amide bonds. The van der Waals surface area contributed by atoms with Gasteiger partial charge >= 0.3 is 5.69 Å². The molecule has 3 N–H and O–H groups in total. The van der Waals surface area contributed by atoms with E-state index in [0.29, 0.717) is 29.5 Å². The summed E-state index contributed by atoms with van der Waals surface area (Å²) in [5, 5.41) is 20.3. The van der Waals surface area contributed by atoms with Crippen molar-refractivity contribution in [3.8, 4) is 0 Å². The number of aliphatic hydroxyl groups is 1. The van der Waals surface area contributed by atoms with Crippen LogP contribution in [0, 0.1) is 0 Å². The van der Waals surface area contributed by atoms with E-state index < -0.39 is 6.10 Å². The maximum Gasteiger partial charge on any atom is 0.344 e. The van der Waals surface area contributed by atoms with Crippen LogP contribution in [-0.4, -0.2) is 44.3 Å². The third-order valence-corrected chi connectivity index (χ3v) is 4.31. The zero-order valence-electron chi connectivity index (χ0n) is 10.1. The van der Waals surface area contributed by atoms with E-state index in [4.69, 9.17) is 0 Å². The van der Waals surface area contributed by atoms with Gasteiger partial charge in [0.05, 0.1) is 6.10 Å². The number of thioether (sulfide) groups is 1. The highest BCUT2D eigenvalue weighted by molar-refractivity contribution is 7.99. The molecule has 3 rings (SSSR count). The molecule has 0 radical (unpaired) electrons. The number of aliphatic hydroxyl groups excluding tert-OH is 1. The van der Waals surface area contributed by atoms with Crippen LogP contribution in [0.4, 0.5) is 0 Å². The predicted octanol–water partition coefficient (Wildman–Crippen LogP) is 0.111. The van der Waals surface area contributed by atoms with Crippen LogP contribution in [0.3, 0.4) is 0 Å². The molecule has 18 heavy (non-hydrogen) atoms. The van der Waals surface area contributed by atoms with Gasteiger partial charge in [0, 0.05) is 24.4 Å². The van der Waals surface area contributed by atoms with E-state index >= 15 is 0 Å². The molecule has 1 unspecified atom stereocenters. The molecule has 2 fully saturated rings. The average Bonchev–Trinajstić information content (AvgIpc) is 3.24. The number of aromatic amines is 1. The van der Waals surface area contributed by atoms with Gasteiger partial charge in [-0.15, -0.1) is 5.10 Å². The molecule has 0 aliphatic heterocycles. The zero-order valence-corrected chi connectivity index (χ0v) is 10.9. The Labute approximate surface area is 109 Å². The molecule has 1 aromatic rings. The lowest BCUT2D eigenvalue weighted by molar-refractivity contribution is 0.195. The highest BCUT2D eigenvalue weighted by atomic mass is 32.2. The van der Waals surface area contributed by atoms with Crippen LogP contribution in [0.1, 0.15) is 31.7 Å². The third kappa shape index (κ3) is 2.96. The summed E-state index contributed by atoms with van der Waals surface area (Å²) in [5.74, 6) is 0.566. The fraction of sp³-hybridized carbons (Fsp3) is 0.818. The van der Waals surface area contributed by atoms with Crippen LogP contribution in [0.15, 0.2) is 9.95 Å². The molecule has 0 spiro atoms. The van der Waals surface area contributed by atoms with Crippen molar-refractivity contribution in [3.05, 3.63) is 10.5 Å². The second-order valence-electron chi connectivity index (χ2n) is 5.06. The number of H-pyrrole nitrogens is 1. The largest absolute Gasteiger partial charge is 0.391 e. The molecule has 0 bridgehead atoms. The normalized spacial score (nSPS) is 21.2. The maximum absolute atomic E-state index is 11.5. The van der Waals surface area contributed by atoms with Gasteiger partial charge in [0.2, 0.25) is 0 Å². The van der Waals surface area contributed by atoms with Crippen molar-refractivity contribution in [3.63, 3.8) is 0 Å². The highest BCUT2D eigenvalue weighted by Crippen LogP contribution is 2.36. The van der Waals surface area contributed by atoms with Crippen LogP contribution in [-0.2, 0) is 0 Å². The van der Waals surface area contributed by atoms with Crippen LogP contribution in [0.2, 0.25) is 0 Å². The van der Waals surface area contributed by atoms with Gasteiger partial charge < -0.3 is 10.4 Å². The molecule has 2 saturated carbocycles. The smallest absolute Gasteiger partial charge is 0.344 e. The molecular formula is C11H18N4O2S. The minimum absolute atomic E-state index is 0.134. The van der Waals surface area contributed by atoms with Gasteiger partial charge in [-0.1, -0.05) is 11.8 Å².